The summed E-state index contributed by atoms with van der Waals surface area (Å²) in [5.74, 6) is 0.689. The predicted molar refractivity (Wildman–Crippen MR) is 52.0 cm³/mol. The Balaban J connectivity index is 3.76. The monoisotopic (exact) mass is 171 g/mol. The summed E-state index contributed by atoms with van der Waals surface area (Å²) in [5.41, 5.74) is 5.40. The molecule has 0 spiro atoms. The van der Waals surface area contributed by atoms with Crippen LogP contribution < -0.4 is 5.73 Å². The van der Waals surface area contributed by atoms with Gasteiger partial charge < -0.3 is 5.73 Å². The Kier molecular flexibility index (Phi) is 7.06. The molecule has 0 saturated carbocycles. The minimum atomic E-state index is 0.281. The minimum Gasteiger partial charge on any atom is -0.330 e. The van der Waals surface area contributed by atoms with Crippen LogP contribution >= 0.6 is 0 Å². The average Bonchev–Trinajstić information content (AvgIpc) is 2.11. The van der Waals surface area contributed by atoms with E-state index in [0.29, 0.717) is 18.7 Å². The molecule has 1 atom stereocenters. The summed E-state index contributed by atoms with van der Waals surface area (Å²) in [6.45, 7) is 4.77. The molecule has 72 valence electrons. The van der Waals surface area contributed by atoms with Crippen molar-refractivity contribution in [3.63, 3.8) is 0 Å². The molecular weight excluding hydrogens is 150 g/mol. The Morgan fingerprint density at radius 3 is 2.42 bits per heavy atom. The first-order valence-electron chi connectivity index (χ1n) is 4.99. The summed E-state index contributed by atoms with van der Waals surface area (Å²) < 4.78 is 0. The van der Waals surface area contributed by atoms with Crippen molar-refractivity contribution < 1.29 is 4.79 Å². The lowest BCUT2D eigenvalue weighted by Crippen LogP contribution is -2.15. The van der Waals surface area contributed by atoms with Crippen LogP contribution in [0, 0.1) is 5.92 Å². The number of hydrogen-bond acceptors (Lipinski definition) is 2. The molecule has 0 amide bonds. The van der Waals surface area contributed by atoms with E-state index < -0.39 is 0 Å². The van der Waals surface area contributed by atoms with E-state index in [9.17, 15) is 4.79 Å². The molecule has 0 bridgehead atoms. The maximum Gasteiger partial charge on any atom is 0.135 e. The number of carbonyl (C=O) groups is 1. The Bertz CT molecular complexity index is 123. The van der Waals surface area contributed by atoms with Gasteiger partial charge in [-0.3, -0.25) is 4.79 Å². The van der Waals surface area contributed by atoms with Crippen molar-refractivity contribution >= 4 is 5.78 Å². The molecule has 0 saturated heterocycles. The van der Waals surface area contributed by atoms with E-state index >= 15 is 0 Å². The van der Waals surface area contributed by atoms with Crippen molar-refractivity contribution in [3.05, 3.63) is 0 Å². The van der Waals surface area contributed by atoms with Crippen molar-refractivity contribution in [1.29, 1.82) is 0 Å². The van der Waals surface area contributed by atoms with Crippen LogP contribution in [0.25, 0.3) is 0 Å². The van der Waals surface area contributed by atoms with Crippen LogP contribution in [0.15, 0.2) is 0 Å². The van der Waals surface area contributed by atoms with Crippen molar-refractivity contribution in [2.45, 2.75) is 46.0 Å². The third-order valence-corrected chi connectivity index (χ3v) is 2.20. The molecule has 1 unspecified atom stereocenters. The molecule has 0 aromatic heterocycles. The second kappa shape index (κ2) is 7.29. The summed E-state index contributed by atoms with van der Waals surface area (Å²) in [4.78, 5) is 11.4. The fraction of sp³-hybridized carbons (Fsp3) is 0.900. The number of hydrogen-bond donors (Lipinski definition) is 1. The predicted octanol–water partition coefficient (Wildman–Crippen LogP) is 2.12. The molecule has 2 heteroatoms. The molecule has 0 aromatic rings. The Hall–Kier alpha value is -0.370. The number of rotatable bonds is 7. The number of ketones is 1. The lowest BCUT2D eigenvalue weighted by molar-refractivity contribution is -0.123. The highest BCUT2D eigenvalue weighted by molar-refractivity contribution is 5.80. The first-order chi connectivity index (χ1) is 5.76. The molecular formula is C10H21NO. The van der Waals surface area contributed by atoms with Crippen LogP contribution in [0.3, 0.4) is 0 Å². The quantitative estimate of drug-likeness (QED) is 0.637. The van der Waals surface area contributed by atoms with Crippen molar-refractivity contribution in [3.8, 4) is 0 Å². The van der Waals surface area contributed by atoms with Crippen LogP contribution in [0.5, 0.6) is 0 Å². The second-order valence-electron chi connectivity index (χ2n) is 3.24. The van der Waals surface area contributed by atoms with Gasteiger partial charge in [0.25, 0.3) is 0 Å². The number of Topliss-reactive ketones (excluding diaryl/α,β-unsaturated/α-hetero) is 1. The van der Waals surface area contributed by atoms with Gasteiger partial charge in [0.1, 0.15) is 5.78 Å². The molecule has 2 N–H and O–H groups in total. The minimum absolute atomic E-state index is 0.281. The highest BCUT2D eigenvalue weighted by Crippen LogP contribution is 2.15. The topological polar surface area (TPSA) is 43.1 Å². The van der Waals surface area contributed by atoms with E-state index in [2.05, 4.69) is 6.92 Å². The van der Waals surface area contributed by atoms with E-state index in [1.165, 1.54) is 0 Å². The third-order valence-electron chi connectivity index (χ3n) is 2.20. The summed E-state index contributed by atoms with van der Waals surface area (Å²) in [7, 11) is 0. The normalized spacial score (nSPS) is 12.9. The molecule has 0 aromatic carbocycles. The first kappa shape index (κ1) is 11.6. The second-order valence-corrected chi connectivity index (χ2v) is 3.24. The van der Waals surface area contributed by atoms with Gasteiger partial charge in [-0.2, -0.15) is 0 Å². The van der Waals surface area contributed by atoms with Gasteiger partial charge in [0.05, 0.1) is 0 Å². The number of nitrogens with two attached hydrogens (primary N) is 1. The van der Waals surface area contributed by atoms with Crippen LogP contribution in [-0.2, 0) is 4.79 Å². The van der Waals surface area contributed by atoms with Crippen molar-refractivity contribution in [1.82, 2.24) is 0 Å². The summed E-state index contributed by atoms with van der Waals surface area (Å²) in [5, 5.41) is 0. The molecule has 0 aliphatic heterocycles. The van der Waals surface area contributed by atoms with Gasteiger partial charge in [-0.25, -0.2) is 0 Å². The van der Waals surface area contributed by atoms with Gasteiger partial charge in [0.2, 0.25) is 0 Å². The fourth-order valence-electron chi connectivity index (χ4n) is 1.47. The third kappa shape index (κ3) is 4.50. The average molecular weight is 171 g/mol. The van der Waals surface area contributed by atoms with Gasteiger partial charge >= 0.3 is 0 Å². The maximum absolute atomic E-state index is 11.4. The Labute approximate surface area is 75.5 Å². The van der Waals surface area contributed by atoms with Crippen LogP contribution in [0.1, 0.15) is 46.0 Å². The van der Waals surface area contributed by atoms with E-state index in [0.717, 1.165) is 25.7 Å². The standard InChI is InChI=1S/C10H21NO/c1-3-6-9(7-5-8-11)10(12)4-2/h9H,3-8,11H2,1-2H3. The lowest BCUT2D eigenvalue weighted by atomic mass is 9.92. The highest BCUT2D eigenvalue weighted by Gasteiger charge is 2.14. The SMILES string of the molecule is CCCC(CCCN)C(=O)CC. The van der Waals surface area contributed by atoms with Crippen LogP contribution in [0.4, 0.5) is 0 Å². The summed E-state index contributed by atoms with van der Waals surface area (Å²) in [6, 6.07) is 0. The van der Waals surface area contributed by atoms with Gasteiger partial charge in [0, 0.05) is 12.3 Å². The molecule has 12 heavy (non-hydrogen) atoms. The zero-order chi connectivity index (χ0) is 9.40. The van der Waals surface area contributed by atoms with E-state index in [1.54, 1.807) is 0 Å². The largest absolute Gasteiger partial charge is 0.330 e. The van der Waals surface area contributed by atoms with E-state index in [1.807, 2.05) is 6.92 Å². The Morgan fingerprint density at radius 2 is 2.00 bits per heavy atom. The molecule has 0 radical (unpaired) electrons. The summed E-state index contributed by atoms with van der Waals surface area (Å²) >= 11 is 0. The molecule has 0 aliphatic rings. The van der Waals surface area contributed by atoms with Crippen molar-refractivity contribution in [2.24, 2.45) is 11.7 Å². The molecule has 2 nitrogen and oxygen atoms in total. The maximum atomic E-state index is 11.4. The van der Waals surface area contributed by atoms with Gasteiger partial charge in [-0.15, -0.1) is 0 Å². The van der Waals surface area contributed by atoms with Crippen molar-refractivity contribution in [2.75, 3.05) is 6.54 Å². The van der Waals surface area contributed by atoms with Crippen LogP contribution in [0.2, 0.25) is 0 Å². The molecule has 0 fully saturated rings. The first-order valence-corrected chi connectivity index (χ1v) is 4.99. The zero-order valence-electron chi connectivity index (χ0n) is 8.31. The molecule has 0 heterocycles. The zero-order valence-corrected chi connectivity index (χ0v) is 8.31. The van der Waals surface area contributed by atoms with Gasteiger partial charge in [0.15, 0.2) is 0 Å². The smallest absolute Gasteiger partial charge is 0.135 e. The number of carbonyl (C=O) groups excluding carboxylic acids is 1. The summed E-state index contributed by atoms with van der Waals surface area (Å²) in [6.07, 6.45) is 4.77. The molecule has 0 aliphatic carbocycles. The van der Waals surface area contributed by atoms with Gasteiger partial charge in [-0.1, -0.05) is 20.3 Å². The van der Waals surface area contributed by atoms with E-state index in [-0.39, 0.29) is 5.92 Å². The van der Waals surface area contributed by atoms with Gasteiger partial charge in [-0.05, 0) is 25.8 Å². The fourth-order valence-corrected chi connectivity index (χ4v) is 1.47. The highest BCUT2D eigenvalue weighted by atomic mass is 16.1. The lowest BCUT2D eigenvalue weighted by Gasteiger charge is -2.12. The van der Waals surface area contributed by atoms with Crippen LogP contribution in [-0.4, -0.2) is 12.3 Å². The van der Waals surface area contributed by atoms with E-state index in [4.69, 9.17) is 5.73 Å². The molecule has 0 rings (SSSR count). The Morgan fingerprint density at radius 1 is 1.33 bits per heavy atom.